The summed E-state index contributed by atoms with van der Waals surface area (Å²) in [4.78, 5) is 27.2. The molecule has 1 heterocycles. The summed E-state index contributed by atoms with van der Waals surface area (Å²) >= 11 is 0. The molecule has 1 aliphatic carbocycles. The number of ether oxygens (including phenoxy) is 1. The molecule has 0 spiro atoms. The Morgan fingerprint density at radius 2 is 2.04 bits per heavy atom. The van der Waals surface area contributed by atoms with Crippen molar-refractivity contribution in [1.82, 2.24) is 15.1 Å². The number of hydrogen-bond acceptors (Lipinski definition) is 4. The lowest BCUT2D eigenvalue weighted by atomic mass is 9.81. The number of carbonyl (C=O) groups excluding carboxylic acids is 1. The van der Waals surface area contributed by atoms with E-state index in [2.05, 4.69) is 19.2 Å². The van der Waals surface area contributed by atoms with Crippen LogP contribution >= 0.6 is 0 Å². The number of likely N-dealkylation sites (N-methyl/N-ethyl adjacent to an activating group) is 1. The fraction of sp³-hybridized carbons (Fsp3) is 0.882. The Morgan fingerprint density at radius 3 is 2.54 bits per heavy atom. The third kappa shape index (κ3) is 4.39. The van der Waals surface area contributed by atoms with Crippen molar-refractivity contribution in [2.24, 2.45) is 5.41 Å². The summed E-state index contributed by atoms with van der Waals surface area (Å²) in [6.07, 6.45) is 2.69. The van der Waals surface area contributed by atoms with Crippen LogP contribution in [0.5, 0.6) is 0 Å². The maximum absolute atomic E-state index is 12.5. The highest BCUT2D eigenvalue weighted by Crippen LogP contribution is 2.32. The molecule has 0 aromatic heterocycles. The molecule has 7 heteroatoms. The second kappa shape index (κ2) is 7.70. The Balaban J connectivity index is 1.78. The zero-order valence-corrected chi connectivity index (χ0v) is 15.2. The van der Waals surface area contributed by atoms with E-state index < -0.39 is 5.97 Å². The zero-order chi connectivity index (χ0) is 17.9. The van der Waals surface area contributed by atoms with Gasteiger partial charge in [0.1, 0.15) is 0 Å². The van der Waals surface area contributed by atoms with Gasteiger partial charge in [-0.1, -0.05) is 20.8 Å². The average Bonchev–Trinajstić information content (AvgIpc) is 2.47. The van der Waals surface area contributed by atoms with Gasteiger partial charge in [0.2, 0.25) is 0 Å². The molecular weight excluding hydrogens is 310 g/mol. The van der Waals surface area contributed by atoms with Crippen LogP contribution in [0, 0.1) is 5.41 Å². The number of hydrogen-bond donors (Lipinski definition) is 2. The third-order valence-electron chi connectivity index (χ3n) is 5.40. The first-order chi connectivity index (χ1) is 11.3. The van der Waals surface area contributed by atoms with Gasteiger partial charge in [0.05, 0.1) is 12.6 Å². The van der Waals surface area contributed by atoms with Gasteiger partial charge in [0, 0.05) is 37.7 Å². The monoisotopic (exact) mass is 341 g/mol. The van der Waals surface area contributed by atoms with Crippen LogP contribution in [0.15, 0.2) is 0 Å². The number of piperidine rings is 1. The standard InChI is InChI=1S/C17H31N3O4/c1-5-19(10-15(21)22)13-8-12(9-13)18-16(23)20-7-6-14(24-4)17(2,3)11-20/h12-14H,5-11H2,1-4H3,(H,18,23)(H,21,22). The van der Waals surface area contributed by atoms with Crippen molar-refractivity contribution in [1.29, 1.82) is 0 Å². The number of rotatable bonds is 6. The number of nitrogens with zero attached hydrogens (tertiary/aromatic N) is 2. The van der Waals surface area contributed by atoms with Crippen LogP contribution in [0.25, 0.3) is 0 Å². The third-order valence-corrected chi connectivity index (χ3v) is 5.40. The fourth-order valence-electron chi connectivity index (χ4n) is 3.89. The molecule has 1 saturated heterocycles. The largest absolute Gasteiger partial charge is 0.480 e. The van der Waals surface area contributed by atoms with E-state index in [0.717, 1.165) is 25.8 Å². The van der Waals surface area contributed by atoms with Crippen LogP contribution in [0.1, 0.15) is 40.0 Å². The number of carbonyl (C=O) groups is 2. The van der Waals surface area contributed by atoms with Crippen molar-refractivity contribution in [2.75, 3.05) is 33.3 Å². The van der Waals surface area contributed by atoms with Gasteiger partial charge < -0.3 is 20.1 Å². The van der Waals surface area contributed by atoms with E-state index in [0.29, 0.717) is 13.1 Å². The number of urea groups is 1. The molecule has 1 saturated carbocycles. The molecule has 1 unspecified atom stereocenters. The van der Waals surface area contributed by atoms with E-state index in [-0.39, 0.29) is 36.2 Å². The Kier molecular flexibility index (Phi) is 6.09. The van der Waals surface area contributed by atoms with Crippen LogP contribution < -0.4 is 5.32 Å². The van der Waals surface area contributed by atoms with Crippen LogP contribution in [-0.4, -0.2) is 78.4 Å². The molecular formula is C17H31N3O4. The summed E-state index contributed by atoms with van der Waals surface area (Å²) < 4.78 is 5.52. The van der Waals surface area contributed by atoms with Crippen LogP contribution in [-0.2, 0) is 9.53 Å². The van der Waals surface area contributed by atoms with Crippen LogP contribution in [0.4, 0.5) is 4.79 Å². The molecule has 2 N–H and O–H groups in total. The second-order valence-corrected chi connectivity index (χ2v) is 7.65. The highest BCUT2D eigenvalue weighted by molar-refractivity contribution is 5.75. The Bertz CT molecular complexity index is 463. The lowest BCUT2D eigenvalue weighted by Crippen LogP contribution is -2.59. The van der Waals surface area contributed by atoms with Crippen LogP contribution in [0.3, 0.4) is 0 Å². The van der Waals surface area contributed by atoms with Gasteiger partial charge in [-0.05, 0) is 25.8 Å². The Morgan fingerprint density at radius 1 is 1.38 bits per heavy atom. The number of nitrogens with one attached hydrogen (secondary N) is 1. The van der Waals surface area contributed by atoms with Gasteiger partial charge in [-0.3, -0.25) is 9.69 Å². The number of aliphatic carboxylic acids is 1. The van der Waals surface area contributed by atoms with Gasteiger partial charge in [-0.2, -0.15) is 0 Å². The topological polar surface area (TPSA) is 82.1 Å². The summed E-state index contributed by atoms with van der Waals surface area (Å²) in [7, 11) is 1.73. The van der Waals surface area contributed by atoms with Gasteiger partial charge in [-0.25, -0.2) is 4.79 Å². The smallest absolute Gasteiger partial charge is 0.317 e. The molecule has 7 nitrogen and oxygen atoms in total. The van der Waals surface area contributed by atoms with Crippen LogP contribution in [0.2, 0.25) is 0 Å². The number of methoxy groups -OCH3 is 1. The van der Waals surface area contributed by atoms with Crippen molar-refractivity contribution in [2.45, 2.75) is 58.2 Å². The van der Waals surface area contributed by atoms with Gasteiger partial charge >= 0.3 is 12.0 Å². The first kappa shape index (κ1) is 19.0. The first-order valence-electron chi connectivity index (χ1n) is 8.81. The maximum Gasteiger partial charge on any atom is 0.317 e. The van der Waals surface area contributed by atoms with E-state index in [9.17, 15) is 9.59 Å². The van der Waals surface area contributed by atoms with Crippen molar-refractivity contribution < 1.29 is 19.4 Å². The summed E-state index contributed by atoms with van der Waals surface area (Å²) in [6.45, 7) is 8.42. The van der Waals surface area contributed by atoms with Crippen molar-refractivity contribution in [3.05, 3.63) is 0 Å². The summed E-state index contributed by atoms with van der Waals surface area (Å²) in [5.74, 6) is -0.799. The lowest BCUT2D eigenvalue weighted by molar-refractivity contribution is -0.139. The summed E-state index contributed by atoms with van der Waals surface area (Å²) in [5.41, 5.74) is -0.0486. The number of carboxylic acids is 1. The highest BCUT2D eigenvalue weighted by atomic mass is 16.5. The second-order valence-electron chi connectivity index (χ2n) is 7.65. The lowest BCUT2D eigenvalue weighted by Gasteiger charge is -2.46. The Labute approximate surface area is 144 Å². The molecule has 0 aromatic carbocycles. The molecule has 2 amide bonds. The average molecular weight is 341 g/mol. The molecule has 0 radical (unpaired) electrons. The predicted molar refractivity (Wildman–Crippen MR) is 91.0 cm³/mol. The summed E-state index contributed by atoms with van der Waals surface area (Å²) in [6, 6.07) is 0.392. The van der Waals surface area contributed by atoms with Crippen molar-refractivity contribution in [3.8, 4) is 0 Å². The first-order valence-corrected chi connectivity index (χ1v) is 8.81. The minimum Gasteiger partial charge on any atom is -0.480 e. The quantitative estimate of drug-likeness (QED) is 0.763. The minimum atomic E-state index is -0.799. The molecule has 2 aliphatic rings. The zero-order valence-electron chi connectivity index (χ0n) is 15.2. The fourth-order valence-corrected chi connectivity index (χ4v) is 3.89. The van der Waals surface area contributed by atoms with E-state index in [1.54, 1.807) is 7.11 Å². The molecule has 2 fully saturated rings. The Hall–Kier alpha value is -1.34. The summed E-state index contributed by atoms with van der Waals surface area (Å²) in [5, 5.41) is 12.0. The molecule has 24 heavy (non-hydrogen) atoms. The number of amides is 2. The molecule has 0 aromatic rings. The number of carboxylic acid groups (broad SMARTS) is 1. The molecule has 1 atom stereocenters. The maximum atomic E-state index is 12.5. The molecule has 138 valence electrons. The molecule has 1 aliphatic heterocycles. The SMILES string of the molecule is CCN(CC(=O)O)C1CC(NC(=O)N2CCC(OC)C(C)(C)C2)C1. The van der Waals surface area contributed by atoms with Gasteiger partial charge in [-0.15, -0.1) is 0 Å². The van der Waals surface area contributed by atoms with E-state index in [1.807, 2.05) is 16.7 Å². The van der Waals surface area contributed by atoms with E-state index in [1.165, 1.54) is 0 Å². The predicted octanol–water partition coefficient (Wildman–Crippen LogP) is 1.38. The van der Waals surface area contributed by atoms with E-state index in [4.69, 9.17) is 9.84 Å². The normalized spacial score (nSPS) is 29.2. The van der Waals surface area contributed by atoms with Crippen molar-refractivity contribution in [3.63, 3.8) is 0 Å². The highest BCUT2D eigenvalue weighted by Gasteiger charge is 2.40. The minimum absolute atomic E-state index is 0.0117. The van der Waals surface area contributed by atoms with Crippen molar-refractivity contribution >= 4 is 12.0 Å². The molecule has 0 bridgehead atoms. The van der Waals surface area contributed by atoms with Gasteiger partial charge in [0.25, 0.3) is 0 Å². The van der Waals surface area contributed by atoms with E-state index >= 15 is 0 Å². The molecule has 2 rings (SSSR count). The van der Waals surface area contributed by atoms with Gasteiger partial charge in [0.15, 0.2) is 0 Å². The number of likely N-dealkylation sites (tertiary alicyclic amines) is 1.